The first-order valence-corrected chi connectivity index (χ1v) is 9.33. The fourth-order valence-electron chi connectivity index (χ4n) is 1.60. The fourth-order valence-corrected chi connectivity index (χ4v) is 3.81. The van der Waals surface area contributed by atoms with Crippen molar-refractivity contribution in [1.29, 1.82) is 0 Å². The van der Waals surface area contributed by atoms with Gasteiger partial charge in [0.05, 0.1) is 22.6 Å². The van der Waals surface area contributed by atoms with Gasteiger partial charge in [-0.2, -0.15) is 24.9 Å². The normalized spacial score (nSPS) is 13.8. The van der Waals surface area contributed by atoms with Crippen LogP contribution in [0, 0.1) is 0 Å². The van der Waals surface area contributed by atoms with Gasteiger partial charge >= 0.3 is 6.18 Å². The second-order valence-corrected chi connectivity index (χ2v) is 7.49. The van der Waals surface area contributed by atoms with E-state index in [0.717, 1.165) is 6.07 Å². The van der Waals surface area contributed by atoms with Crippen LogP contribution in [0.25, 0.3) is 0 Å². The molecule has 130 valence electrons. The highest BCUT2D eigenvalue weighted by Crippen LogP contribution is 2.33. The van der Waals surface area contributed by atoms with E-state index in [1.54, 1.807) is 6.26 Å². The van der Waals surface area contributed by atoms with E-state index < -0.39 is 43.7 Å². The minimum Gasteiger partial charge on any atom is -0.548 e. The number of carboxylic acid groups (broad SMARTS) is 1. The zero-order valence-electron chi connectivity index (χ0n) is 11.7. The molecular weight excluding hydrogens is 379 g/mol. The Hall–Kier alpha value is -0.970. The number of hydrogen-bond donors (Lipinski definition) is 1. The molecule has 11 heteroatoms. The van der Waals surface area contributed by atoms with Gasteiger partial charge in [-0.25, -0.2) is 13.1 Å². The van der Waals surface area contributed by atoms with Gasteiger partial charge in [0, 0.05) is 0 Å². The number of nitrogens with one attached hydrogen (secondary N) is 1. The lowest BCUT2D eigenvalue weighted by molar-refractivity contribution is -0.308. The van der Waals surface area contributed by atoms with Crippen LogP contribution in [-0.2, 0) is 21.0 Å². The van der Waals surface area contributed by atoms with E-state index in [4.69, 9.17) is 11.6 Å². The number of carbonyl (C=O) groups is 1. The molecule has 23 heavy (non-hydrogen) atoms. The number of hydrogen-bond acceptors (Lipinski definition) is 5. The Morgan fingerprint density at radius 3 is 2.52 bits per heavy atom. The van der Waals surface area contributed by atoms with E-state index in [1.165, 1.54) is 11.8 Å². The molecule has 0 bridgehead atoms. The Labute approximate surface area is 140 Å². The third-order valence-corrected chi connectivity index (χ3v) is 5.34. The lowest BCUT2D eigenvalue weighted by atomic mass is 10.2. The second-order valence-electron chi connectivity index (χ2n) is 4.42. The summed E-state index contributed by atoms with van der Waals surface area (Å²) in [5.41, 5.74) is -1.21. The second kappa shape index (κ2) is 7.73. The van der Waals surface area contributed by atoms with Crippen molar-refractivity contribution in [2.75, 3.05) is 12.0 Å². The minimum atomic E-state index is -4.76. The molecule has 5 nitrogen and oxygen atoms in total. The standard InChI is InChI=1S/C12H13ClF3NO4S2/c1-22-5-4-9(11(18)19)17-23(20,21)10-6-7(12(14,15)16)2-3-8(10)13/h2-3,6,9,17H,4-5H2,1H3,(H,18,19)/p-1/t9-/m0/s1. The molecule has 1 rings (SSSR count). The van der Waals surface area contributed by atoms with Crippen LogP contribution in [0.1, 0.15) is 12.0 Å². The van der Waals surface area contributed by atoms with Crippen molar-refractivity contribution >= 4 is 39.4 Å². The Morgan fingerprint density at radius 2 is 2.04 bits per heavy atom. The molecule has 0 aliphatic carbocycles. The van der Waals surface area contributed by atoms with Crippen molar-refractivity contribution in [3.05, 3.63) is 28.8 Å². The van der Waals surface area contributed by atoms with Crippen molar-refractivity contribution in [1.82, 2.24) is 4.72 Å². The molecule has 0 amide bonds. The number of aliphatic carboxylic acids is 1. The summed E-state index contributed by atoms with van der Waals surface area (Å²) in [6, 6.07) is 0.198. The quantitative estimate of drug-likeness (QED) is 0.762. The van der Waals surface area contributed by atoms with Gasteiger partial charge < -0.3 is 9.90 Å². The topological polar surface area (TPSA) is 86.3 Å². The summed E-state index contributed by atoms with van der Waals surface area (Å²) in [6.45, 7) is 0. The van der Waals surface area contributed by atoms with Crippen LogP contribution in [0.4, 0.5) is 13.2 Å². The molecule has 0 spiro atoms. The van der Waals surface area contributed by atoms with E-state index in [0.29, 0.717) is 17.9 Å². The molecule has 0 unspecified atom stereocenters. The Morgan fingerprint density at radius 1 is 1.43 bits per heavy atom. The van der Waals surface area contributed by atoms with Crippen LogP contribution in [-0.4, -0.2) is 32.4 Å². The van der Waals surface area contributed by atoms with Crippen molar-refractivity contribution in [3.63, 3.8) is 0 Å². The summed E-state index contributed by atoms with van der Waals surface area (Å²) in [5, 5.41) is 10.5. The SMILES string of the molecule is CSCC[C@H](NS(=O)(=O)c1cc(C(F)(F)F)ccc1Cl)C(=O)[O-]. The summed E-state index contributed by atoms with van der Waals surface area (Å²) >= 11 is 6.92. The molecule has 1 aromatic carbocycles. The number of halogens is 4. The van der Waals surface area contributed by atoms with Crippen LogP contribution >= 0.6 is 23.4 Å². The van der Waals surface area contributed by atoms with Crippen LogP contribution in [0.15, 0.2) is 23.1 Å². The summed E-state index contributed by atoms with van der Waals surface area (Å²) in [6.07, 6.45) is -3.16. The fraction of sp³-hybridized carbons (Fsp3) is 0.417. The van der Waals surface area contributed by atoms with Gasteiger partial charge in [0.15, 0.2) is 0 Å². The van der Waals surface area contributed by atoms with Crippen LogP contribution < -0.4 is 9.83 Å². The molecule has 0 aliphatic rings. The first-order chi connectivity index (χ1) is 10.5. The molecule has 0 aliphatic heterocycles. The first kappa shape index (κ1) is 20.1. The Balaban J connectivity index is 3.19. The van der Waals surface area contributed by atoms with Gasteiger partial charge in [-0.1, -0.05) is 11.6 Å². The molecular formula is C12H12ClF3NO4S2-. The molecule has 0 fully saturated rings. The van der Waals surface area contributed by atoms with Gasteiger partial charge in [-0.3, -0.25) is 0 Å². The maximum Gasteiger partial charge on any atom is 0.416 e. The highest BCUT2D eigenvalue weighted by atomic mass is 35.5. The minimum absolute atomic E-state index is 0.0840. The zero-order chi connectivity index (χ0) is 17.8. The molecule has 0 aromatic heterocycles. The van der Waals surface area contributed by atoms with E-state index in [1.807, 2.05) is 4.72 Å². The van der Waals surface area contributed by atoms with Gasteiger partial charge in [0.25, 0.3) is 0 Å². The maximum absolute atomic E-state index is 12.7. The Bertz CT molecular complexity index is 679. The van der Waals surface area contributed by atoms with Gasteiger partial charge in [0.2, 0.25) is 10.0 Å². The summed E-state index contributed by atoms with van der Waals surface area (Å²) < 4.78 is 64.1. The molecule has 1 N–H and O–H groups in total. The molecule has 1 aromatic rings. The number of rotatable bonds is 7. The highest BCUT2D eigenvalue weighted by molar-refractivity contribution is 7.98. The van der Waals surface area contributed by atoms with Gasteiger partial charge in [-0.15, -0.1) is 0 Å². The van der Waals surface area contributed by atoms with E-state index >= 15 is 0 Å². The number of benzene rings is 1. The van der Waals surface area contributed by atoms with Gasteiger partial charge in [-0.05, 0) is 36.6 Å². The number of sulfonamides is 1. The zero-order valence-corrected chi connectivity index (χ0v) is 14.1. The largest absolute Gasteiger partial charge is 0.548 e. The van der Waals surface area contributed by atoms with E-state index in [-0.39, 0.29) is 6.42 Å². The van der Waals surface area contributed by atoms with Crippen LogP contribution in [0.3, 0.4) is 0 Å². The average molecular weight is 391 g/mol. The van der Waals surface area contributed by atoms with E-state index in [2.05, 4.69) is 0 Å². The third kappa shape index (κ3) is 5.55. The molecule has 0 heterocycles. The lowest BCUT2D eigenvalue weighted by Gasteiger charge is -2.20. The molecule has 0 saturated carbocycles. The van der Waals surface area contributed by atoms with Crippen molar-refractivity contribution in [2.45, 2.75) is 23.5 Å². The van der Waals surface area contributed by atoms with Crippen molar-refractivity contribution in [2.24, 2.45) is 0 Å². The molecule has 1 atom stereocenters. The average Bonchev–Trinajstić information content (AvgIpc) is 2.42. The number of carboxylic acids is 1. The number of carbonyl (C=O) groups excluding carboxylic acids is 1. The van der Waals surface area contributed by atoms with Crippen molar-refractivity contribution < 1.29 is 31.5 Å². The molecule has 0 saturated heterocycles. The monoisotopic (exact) mass is 390 g/mol. The third-order valence-electron chi connectivity index (χ3n) is 2.74. The summed E-state index contributed by atoms with van der Waals surface area (Å²) in [4.78, 5) is 10.1. The van der Waals surface area contributed by atoms with Crippen LogP contribution in [0.5, 0.6) is 0 Å². The highest BCUT2D eigenvalue weighted by Gasteiger charge is 2.33. The van der Waals surface area contributed by atoms with E-state index in [9.17, 15) is 31.5 Å². The summed E-state index contributed by atoms with van der Waals surface area (Å²) in [5.74, 6) is -1.36. The van der Waals surface area contributed by atoms with Crippen molar-refractivity contribution in [3.8, 4) is 0 Å². The lowest BCUT2D eigenvalue weighted by Crippen LogP contribution is -2.48. The predicted molar refractivity (Wildman–Crippen MR) is 78.6 cm³/mol. The number of alkyl halides is 3. The predicted octanol–water partition coefficient (Wildman–Crippen LogP) is 1.51. The maximum atomic E-state index is 12.7. The smallest absolute Gasteiger partial charge is 0.416 e. The molecule has 0 radical (unpaired) electrons. The van der Waals surface area contributed by atoms with Crippen LogP contribution in [0.2, 0.25) is 5.02 Å². The van der Waals surface area contributed by atoms with Gasteiger partial charge in [0.1, 0.15) is 4.90 Å². The Kier molecular flexibility index (Phi) is 6.75. The number of thioether (sulfide) groups is 1. The first-order valence-electron chi connectivity index (χ1n) is 6.08. The summed E-state index contributed by atoms with van der Waals surface area (Å²) in [7, 11) is -4.56.